The Balaban J connectivity index is 1.78. The van der Waals surface area contributed by atoms with Gasteiger partial charge in [-0.25, -0.2) is 0 Å². The average Bonchev–Trinajstić information content (AvgIpc) is 2.64. The first kappa shape index (κ1) is 18.9. The molecule has 1 saturated heterocycles. The summed E-state index contributed by atoms with van der Waals surface area (Å²) in [5.74, 6) is -0.933. The zero-order valence-corrected chi connectivity index (χ0v) is 15.1. The van der Waals surface area contributed by atoms with Crippen molar-refractivity contribution in [2.45, 2.75) is 31.1 Å². The normalized spacial score (nSPS) is 18.4. The molecule has 0 aromatic heterocycles. The van der Waals surface area contributed by atoms with Crippen molar-refractivity contribution >= 4 is 17.6 Å². The van der Waals surface area contributed by atoms with Gasteiger partial charge in [0.25, 0.3) is 0 Å². The molecule has 1 fully saturated rings. The molecule has 2 aromatic rings. The molecule has 1 aliphatic heterocycles. The number of hydrogen-bond acceptors (Lipinski definition) is 4. The zero-order chi connectivity index (χ0) is 18.7. The molecule has 6 heteroatoms. The smallest absolute Gasteiger partial charge is 0.325 e. The summed E-state index contributed by atoms with van der Waals surface area (Å²) in [5.41, 5.74) is 1.15. The van der Waals surface area contributed by atoms with E-state index in [-0.39, 0.29) is 6.61 Å². The highest BCUT2D eigenvalue weighted by atomic mass is 35.5. The number of carboxylic acids is 1. The third-order valence-corrected chi connectivity index (χ3v) is 5.31. The van der Waals surface area contributed by atoms with Crippen molar-refractivity contribution in [2.75, 3.05) is 13.1 Å². The van der Waals surface area contributed by atoms with Crippen LogP contribution in [-0.4, -0.2) is 39.3 Å². The van der Waals surface area contributed by atoms with E-state index in [1.54, 1.807) is 36.4 Å². The number of hydrogen-bond donors (Lipinski definition) is 3. The van der Waals surface area contributed by atoms with Gasteiger partial charge in [0.05, 0.1) is 12.2 Å². The van der Waals surface area contributed by atoms with Crippen LogP contribution in [0.4, 0.5) is 0 Å². The first-order valence-electron chi connectivity index (χ1n) is 8.58. The van der Waals surface area contributed by atoms with Gasteiger partial charge in [0.15, 0.2) is 0 Å². The molecule has 1 unspecified atom stereocenters. The lowest BCUT2D eigenvalue weighted by atomic mass is 9.83. The van der Waals surface area contributed by atoms with E-state index in [0.29, 0.717) is 42.1 Å². The minimum absolute atomic E-state index is 0.128. The van der Waals surface area contributed by atoms with E-state index in [2.05, 4.69) is 0 Å². The van der Waals surface area contributed by atoms with Crippen LogP contribution in [0.1, 0.15) is 35.6 Å². The summed E-state index contributed by atoms with van der Waals surface area (Å²) in [6.07, 6.45) is 0.885. The number of nitrogens with zero attached hydrogens (tertiary/aromatic N) is 1. The summed E-state index contributed by atoms with van der Waals surface area (Å²) >= 11 is 5.92. The molecule has 0 radical (unpaired) electrons. The molecule has 3 rings (SSSR count). The number of piperidine rings is 1. The van der Waals surface area contributed by atoms with Gasteiger partial charge in [-0.1, -0.05) is 48.0 Å². The van der Waals surface area contributed by atoms with Crippen LogP contribution in [-0.2, 0) is 17.0 Å². The molecule has 3 N–H and O–H groups in total. The van der Waals surface area contributed by atoms with Crippen molar-refractivity contribution in [1.29, 1.82) is 0 Å². The summed E-state index contributed by atoms with van der Waals surface area (Å²) in [5, 5.41) is 30.6. The number of aliphatic hydroxyl groups is 2. The summed E-state index contributed by atoms with van der Waals surface area (Å²) < 4.78 is 0. The van der Waals surface area contributed by atoms with Crippen LogP contribution >= 0.6 is 11.6 Å². The van der Waals surface area contributed by atoms with Crippen LogP contribution in [0.3, 0.4) is 0 Å². The summed E-state index contributed by atoms with van der Waals surface area (Å²) in [6.45, 7) is 0.787. The minimum atomic E-state index is -0.975. The summed E-state index contributed by atoms with van der Waals surface area (Å²) in [6, 6.07) is 13.3. The molecule has 138 valence electrons. The largest absolute Gasteiger partial charge is 0.480 e. The van der Waals surface area contributed by atoms with Crippen LogP contribution in [0, 0.1) is 0 Å². The zero-order valence-electron chi connectivity index (χ0n) is 14.3. The molecule has 26 heavy (non-hydrogen) atoms. The second-order valence-corrected chi connectivity index (χ2v) is 7.15. The first-order valence-corrected chi connectivity index (χ1v) is 8.96. The van der Waals surface area contributed by atoms with Gasteiger partial charge in [0, 0.05) is 18.1 Å². The van der Waals surface area contributed by atoms with Gasteiger partial charge >= 0.3 is 5.97 Å². The molecule has 0 aliphatic carbocycles. The van der Waals surface area contributed by atoms with Crippen molar-refractivity contribution in [2.24, 2.45) is 0 Å². The number of carbonyl (C=O) groups is 1. The second-order valence-electron chi connectivity index (χ2n) is 6.72. The summed E-state index contributed by atoms with van der Waals surface area (Å²) in [4.78, 5) is 13.8. The van der Waals surface area contributed by atoms with Crippen molar-refractivity contribution in [3.63, 3.8) is 0 Å². The van der Waals surface area contributed by atoms with Crippen molar-refractivity contribution in [3.05, 3.63) is 70.2 Å². The number of rotatable bonds is 5. The molecule has 0 saturated carbocycles. The highest BCUT2D eigenvalue weighted by molar-refractivity contribution is 6.30. The van der Waals surface area contributed by atoms with E-state index in [9.17, 15) is 20.1 Å². The number of benzene rings is 2. The number of aliphatic hydroxyl groups excluding tert-OH is 1. The van der Waals surface area contributed by atoms with Gasteiger partial charge in [-0.15, -0.1) is 0 Å². The van der Waals surface area contributed by atoms with E-state index in [1.807, 2.05) is 17.0 Å². The molecule has 0 bridgehead atoms. The van der Waals surface area contributed by atoms with Crippen LogP contribution < -0.4 is 0 Å². The van der Waals surface area contributed by atoms with Crippen molar-refractivity contribution in [3.8, 4) is 0 Å². The molecule has 1 aliphatic rings. The number of aliphatic carboxylic acids is 1. The van der Waals surface area contributed by atoms with E-state index < -0.39 is 17.6 Å². The third-order valence-electron chi connectivity index (χ3n) is 5.06. The van der Waals surface area contributed by atoms with Crippen LogP contribution in [0.2, 0.25) is 5.02 Å². The van der Waals surface area contributed by atoms with E-state index in [4.69, 9.17) is 11.6 Å². The highest BCUT2D eigenvalue weighted by Crippen LogP contribution is 2.36. The minimum Gasteiger partial charge on any atom is -0.480 e. The number of carboxylic acid groups (broad SMARTS) is 1. The predicted molar refractivity (Wildman–Crippen MR) is 98.9 cm³/mol. The SMILES string of the molecule is O=C(O)C(c1cccc(CO)c1)N1CCC(O)(c2ccc(Cl)cc2)CC1. The second kappa shape index (κ2) is 7.76. The van der Waals surface area contributed by atoms with Gasteiger partial charge in [0.2, 0.25) is 0 Å². The van der Waals surface area contributed by atoms with Gasteiger partial charge < -0.3 is 15.3 Å². The van der Waals surface area contributed by atoms with Gasteiger partial charge in [0.1, 0.15) is 6.04 Å². The van der Waals surface area contributed by atoms with Crippen molar-refractivity contribution in [1.82, 2.24) is 4.90 Å². The Bertz CT molecular complexity index is 770. The Morgan fingerprint density at radius 1 is 1.15 bits per heavy atom. The van der Waals surface area contributed by atoms with Crippen molar-refractivity contribution < 1.29 is 20.1 Å². The van der Waals surface area contributed by atoms with Gasteiger partial charge in [-0.2, -0.15) is 0 Å². The highest BCUT2D eigenvalue weighted by Gasteiger charge is 2.38. The first-order chi connectivity index (χ1) is 12.4. The lowest BCUT2D eigenvalue weighted by Gasteiger charge is -2.41. The molecular formula is C20H22ClNO4. The Hall–Kier alpha value is -1.92. The maximum Gasteiger partial charge on any atom is 0.325 e. The van der Waals surface area contributed by atoms with Gasteiger partial charge in [-0.3, -0.25) is 9.69 Å². The fourth-order valence-corrected chi connectivity index (χ4v) is 3.70. The molecule has 1 atom stereocenters. The standard InChI is InChI=1S/C20H22ClNO4/c21-17-6-4-16(5-7-17)20(26)8-10-22(11-9-20)18(19(24)25)15-3-1-2-14(12-15)13-23/h1-7,12,18,23,26H,8-11,13H2,(H,24,25). The topological polar surface area (TPSA) is 81.0 Å². The van der Waals surface area contributed by atoms with Crippen LogP contribution in [0.5, 0.6) is 0 Å². The molecular weight excluding hydrogens is 354 g/mol. The molecule has 2 aromatic carbocycles. The summed E-state index contributed by atoms with van der Waals surface area (Å²) in [7, 11) is 0. The van der Waals surface area contributed by atoms with Crippen LogP contribution in [0.15, 0.2) is 48.5 Å². The number of likely N-dealkylation sites (tertiary alicyclic amines) is 1. The third kappa shape index (κ3) is 3.91. The lowest BCUT2D eigenvalue weighted by Crippen LogP contribution is -2.46. The van der Waals surface area contributed by atoms with Crippen LogP contribution in [0.25, 0.3) is 0 Å². The Labute approximate surface area is 157 Å². The number of halogens is 1. The maximum absolute atomic E-state index is 11.9. The van der Waals surface area contributed by atoms with E-state index >= 15 is 0 Å². The fraction of sp³-hybridized carbons (Fsp3) is 0.350. The molecule has 5 nitrogen and oxygen atoms in total. The van der Waals surface area contributed by atoms with E-state index in [0.717, 1.165) is 5.56 Å². The maximum atomic E-state index is 11.9. The average molecular weight is 376 g/mol. The fourth-order valence-electron chi connectivity index (χ4n) is 3.57. The molecule has 0 amide bonds. The quantitative estimate of drug-likeness (QED) is 0.748. The lowest BCUT2D eigenvalue weighted by molar-refractivity contribution is -0.146. The monoisotopic (exact) mass is 375 g/mol. The van der Waals surface area contributed by atoms with E-state index in [1.165, 1.54) is 0 Å². The Morgan fingerprint density at radius 3 is 2.38 bits per heavy atom. The Morgan fingerprint density at radius 2 is 1.81 bits per heavy atom. The predicted octanol–water partition coefficient (Wildman–Crippen LogP) is 2.94. The Kier molecular flexibility index (Phi) is 5.63. The molecule has 1 heterocycles. The van der Waals surface area contributed by atoms with Gasteiger partial charge in [-0.05, 0) is 41.7 Å². The molecule has 0 spiro atoms.